The van der Waals surface area contributed by atoms with Gasteiger partial charge in [-0.15, -0.1) is 0 Å². The molecule has 2 aliphatic rings. The van der Waals surface area contributed by atoms with E-state index in [0.29, 0.717) is 17.5 Å². The minimum Gasteiger partial charge on any atom is -0.323 e. The number of imide groups is 1. The Bertz CT molecular complexity index is 562. The predicted octanol–water partition coefficient (Wildman–Crippen LogP) is 3.34. The molecule has 1 N–H and O–H groups in total. The molecule has 21 heavy (non-hydrogen) atoms. The van der Waals surface area contributed by atoms with Crippen LogP contribution in [-0.2, 0) is 11.3 Å². The summed E-state index contributed by atoms with van der Waals surface area (Å²) in [5.74, 6) is 0.556. The Balaban J connectivity index is 1.76. The summed E-state index contributed by atoms with van der Waals surface area (Å²) in [4.78, 5) is 26.2. The van der Waals surface area contributed by atoms with Crippen molar-refractivity contribution < 1.29 is 9.59 Å². The van der Waals surface area contributed by atoms with Gasteiger partial charge in [0.25, 0.3) is 5.91 Å². The van der Waals surface area contributed by atoms with Crippen LogP contribution in [0.3, 0.4) is 0 Å². The van der Waals surface area contributed by atoms with Crippen LogP contribution in [-0.4, -0.2) is 22.4 Å². The van der Waals surface area contributed by atoms with Crippen molar-refractivity contribution in [2.24, 2.45) is 5.92 Å². The highest BCUT2D eigenvalue weighted by molar-refractivity contribution is 6.30. The van der Waals surface area contributed by atoms with E-state index in [1.807, 2.05) is 12.1 Å². The third-order valence-corrected chi connectivity index (χ3v) is 4.88. The number of carbonyl (C=O) groups excluding carboxylic acids is 2. The number of nitrogens with one attached hydrogen (secondary N) is 1. The van der Waals surface area contributed by atoms with Crippen molar-refractivity contribution in [3.05, 3.63) is 34.9 Å². The number of hydrogen-bond acceptors (Lipinski definition) is 2. The summed E-state index contributed by atoms with van der Waals surface area (Å²) in [7, 11) is 0. The summed E-state index contributed by atoms with van der Waals surface area (Å²) in [6, 6.07) is 6.96. The Morgan fingerprint density at radius 1 is 1.24 bits per heavy atom. The van der Waals surface area contributed by atoms with Crippen molar-refractivity contribution in [2.75, 3.05) is 0 Å². The van der Waals surface area contributed by atoms with E-state index >= 15 is 0 Å². The number of urea groups is 1. The molecule has 3 amide bonds. The number of rotatable bonds is 2. The van der Waals surface area contributed by atoms with Gasteiger partial charge in [0.15, 0.2) is 0 Å². The first-order chi connectivity index (χ1) is 10.00. The summed E-state index contributed by atoms with van der Waals surface area (Å²) < 4.78 is 0. The van der Waals surface area contributed by atoms with E-state index in [4.69, 9.17) is 11.6 Å². The molecule has 1 saturated carbocycles. The smallest absolute Gasteiger partial charge is 0.323 e. The summed E-state index contributed by atoms with van der Waals surface area (Å²) in [6.45, 7) is 2.50. The van der Waals surface area contributed by atoms with Crippen LogP contribution in [0.1, 0.15) is 38.2 Å². The quantitative estimate of drug-likeness (QED) is 0.852. The van der Waals surface area contributed by atoms with Crippen molar-refractivity contribution in [1.82, 2.24) is 10.2 Å². The molecule has 2 fully saturated rings. The monoisotopic (exact) mass is 306 g/mol. The Labute approximate surface area is 129 Å². The molecular weight excluding hydrogens is 288 g/mol. The van der Waals surface area contributed by atoms with Crippen molar-refractivity contribution in [3.8, 4) is 0 Å². The zero-order valence-corrected chi connectivity index (χ0v) is 12.8. The Morgan fingerprint density at radius 3 is 2.48 bits per heavy atom. The van der Waals surface area contributed by atoms with E-state index in [-0.39, 0.29) is 11.9 Å². The molecule has 0 radical (unpaired) electrons. The molecule has 0 bridgehead atoms. The molecule has 1 aromatic rings. The lowest BCUT2D eigenvalue weighted by Gasteiger charge is -2.33. The first-order valence-electron chi connectivity index (χ1n) is 7.39. The van der Waals surface area contributed by atoms with Crippen LogP contribution in [0.15, 0.2) is 24.3 Å². The van der Waals surface area contributed by atoms with Gasteiger partial charge in [-0.1, -0.05) is 30.7 Å². The van der Waals surface area contributed by atoms with E-state index in [9.17, 15) is 9.59 Å². The number of carbonyl (C=O) groups is 2. The summed E-state index contributed by atoms with van der Waals surface area (Å²) in [5.41, 5.74) is 0.250. The third kappa shape index (κ3) is 2.64. The highest BCUT2D eigenvalue weighted by atomic mass is 35.5. The Hall–Kier alpha value is -1.55. The van der Waals surface area contributed by atoms with Gasteiger partial charge < -0.3 is 5.32 Å². The first kappa shape index (κ1) is 14.4. The lowest BCUT2D eigenvalue weighted by Crippen LogP contribution is -2.49. The molecule has 5 heteroatoms. The minimum atomic E-state index is -0.657. The molecule has 0 atom stereocenters. The predicted molar refractivity (Wildman–Crippen MR) is 80.9 cm³/mol. The second-order valence-electron chi connectivity index (χ2n) is 6.21. The lowest BCUT2D eigenvalue weighted by atomic mass is 9.77. The Morgan fingerprint density at radius 2 is 1.86 bits per heavy atom. The van der Waals surface area contributed by atoms with Crippen LogP contribution in [0.5, 0.6) is 0 Å². The van der Waals surface area contributed by atoms with Crippen LogP contribution in [0.25, 0.3) is 0 Å². The van der Waals surface area contributed by atoms with Crippen LogP contribution >= 0.6 is 11.6 Å². The molecule has 1 spiro atoms. The molecule has 1 aromatic carbocycles. The number of halogens is 1. The Kier molecular flexibility index (Phi) is 3.66. The van der Waals surface area contributed by atoms with Crippen LogP contribution in [0.2, 0.25) is 5.02 Å². The standard InChI is InChI=1S/C16H19ClN2O2/c1-11-6-8-16(9-7-11)14(20)19(15(21)18-16)10-12-2-4-13(17)5-3-12/h2-5,11H,6-10H2,1H3,(H,18,21). The maximum absolute atomic E-state index is 12.7. The first-order valence-corrected chi connectivity index (χ1v) is 7.76. The fraction of sp³-hybridized carbons (Fsp3) is 0.500. The van der Waals surface area contributed by atoms with Crippen LogP contribution < -0.4 is 5.32 Å². The fourth-order valence-corrected chi connectivity index (χ4v) is 3.31. The van der Waals surface area contributed by atoms with Gasteiger partial charge in [0.2, 0.25) is 0 Å². The number of nitrogens with zero attached hydrogens (tertiary/aromatic N) is 1. The second kappa shape index (κ2) is 5.34. The summed E-state index contributed by atoms with van der Waals surface area (Å²) >= 11 is 5.86. The number of hydrogen-bond donors (Lipinski definition) is 1. The topological polar surface area (TPSA) is 49.4 Å². The van der Waals surface area contributed by atoms with Crippen LogP contribution in [0.4, 0.5) is 4.79 Å². The maximum atomic E-state index is 12.7. The minimum absolute atomic E-state index is 0.0747. The summed E-state index contributed by atoms with van der Waals surface area (Å²) in [6.07, 6.45) is 3.47. The SMILES string of the molecule is CC1CCC2(CC1)NC(=O)N(Cc1ccc(Cl)cc1)C2=O. The number of benzene rings is 1. The lowest BCUT2D eigenvalue weighted by molar-refractivity contribution is -0.133. The molecule has 4 nitrogen and oxygen atoms in total. The van der Waals surface area contributed by atoms with Gasteiger partial charge in [-0.3, -0.25) is 9.69 Å². The molecule has 1 saturated heterocycles. The van der Waals surface area contributed by atoms with Gasteiger partial charge >= 0.3 is 6.03 Å². The van der Waals surface area contributed by atoms with E-state index in [2.05, 4.69) is 12.2 Å². The molecule has 1 aliphatic heterocycles. The largest absolute Gasteiger partial charge is 0.325 e. The molecule has 1 heterocycles. The maximum Gasteiger partial charge on any atom is 0.325 e. The zero-order valence-electron chi connectivity index (χ0n) is 12.1. The highest BCUT2D eigenvalue weighted by Gasteiger charge is 2.51. The van der Waals surface area contributed by atoms with Gasteiger partial charge in [-0.2, -0.15) is 0 Å². The van der Waals surface area contributed by atoms with Crippen molar-refractivity contribution in [2.45, 2.75) is 44.7 Å². The van der Waals surface area contributed by atoms with Gasteiger partial charge in [-0.05, 0) is 49.3 Å². The van der Waals surface area contributed by atoms with Crippen LogP contribution in [0, 0.1) is 5.92 Å². The molecule has 0 aromatic heterocycles. The molecular formula is C16H19ClN2O2. The van der Waals surface area contributed by atoms with Gasteiger partial charge in [0.1, 0.15) is 5.54 Å². The zero-order chi connectivity index (χ0) is 15.0. The molecule has 1 aliphatic carbocycles. The number of amides is 3. The second-order valence-corrected chi connectivity index (χ2v) is 6.65. The highest BCUT2D eigenvalue weighted by Crippen LogP contribution is 2.36. The average Bonchev–Trinajstić information content (AvgIpc) is 2.69. The summed E-state index contributed by atoms with van der Waals surface area (Å²) in [5, 5.41) is 3.58. The molecule has 3 rings (SSSR count). The fourth-order valence-electron chi connectivity index (χ4n) is 3.19. The van der Waals surface area contributed by atoms with E-state index in [1.165, 1.54) is 4.90 Å². The van der Waals surface area contributed by atoms with Gasteiger partial charge in [0.05, 0.1) is 6.54 Å². The van der Waals surface area contributed by atoms with Crippen molar-refractivity contribution in [1.29, 1.82) is 0 Å². The van der Waals surface area contributed by atoms with Gasteiger partial charge in [0, 0.05) is 5.02 Å². The van der Waals surface area contributed by atoms with Crippen molar-refractivity contribution in [3.63, 3.8) is 0 Å². The molecule has 0 unspecified atom stereocenters. The van der Waals surface area contributed by atoms with Crippen molar-refractivity contribution >= 4 is 23.5 Å². The average molecular weight is 307 g/mol. The van der Waals surface area contributed by atoms with Gasteiger partial charge in [-0.25, -0.2) is 4.79 Å². The third-order valence-electron chi connectivity index (χ3n) is 4.63. The normalized spacial score (nSPS) is 29.0. The van der Waals surface area contributed by atoms with E-state index < -0.39 is 5.54 Å². The van der Waals surface area contributed by atoms with E-state index in [1.54, 1.807) is 12.1 Å². The molecule has 112 valence electrons. The van der Waals surface area contributed by atoms with E-state index in [0.717, 1.165) is 31.2 Å².